The zero-order chi connectivity index (χ0) is 22.8. The molecule has 0 bridgehead atoms. The summed E-state index contributed by atoms with van der Waals surface area (Å²) in [5.41, 5.74) is 8.30. The van der Waals surface area contributed by atoms with E-state index in [0.29, 0.717) is 5.92 Å². The summed E-state index contributed by atoms with van der Waals surface area (Å²) in [7, 11) is 3.19. The van der Waals surface area contributed by atoms with E-state index in [4.69, 9.17) is 14.2 Å². The SMILES string of the molecule is CCCc1cc(-c2c(C3CC3)cc(CC)c(C)c2C(OC2CC2)C(=O)OC)ccc1OC. The molecule has 0 heterocycles. The van der Waals surface area contributed by atoms with E-state index in [-0.39, 0.29) is 12.1 Å². The Kier molecular flexibility index (Phi) is 6.90. The fraction of sp³-hybridized carbons (Fsp3) is 0.536. The highest BCUT2D eigenvalue weighted by atomic mass is 16.6. The summed E-state index contributed by atoms with van der Waals surface area (Å²) in [6.45, 7) is 6.51. The molecule has 0 amide bonds. The smallest absolute Gasteiger partial charge is 0.339 e. The third-order valence-electron chi connectivity index (χ3n) is 6.79. The molecule has 2 aromatic carbocycles. The quantitative estimate of drug-likeness (QED) is 0.401. The Hall–Kier alpha value is -2.33. The van der Waals surface area contributed by atoms with Crippen LogP contribution in [0.3, 0.4) is 0 Å². The van der Waals surface area contributed by atoms with Gasteiger partial charge in [-0.15, -0.1) is 0 Å². The van der Waals surface area contributed by atoms with Gasteiger partial charge in [-0.2, -0.15) is 0 Å². The van der Waals surface area contributed by atoms with E-state index in [1.807, 2.05) is 0 Å². The van der Waals surface area contributed by atoms with Gasteiger partial charge in [0.25, 0.3) is 0 Å². The van der Waals surface area contributed by atoms with Crippen molar-refractivity contribution < 1.29 is 19.0 Å². The van der Waals surface area contributed by atoms with Gasteiger partial charge in [0.05, 0.1) is 20.3 Å². The van der Waals surface area contributed by atoms with Crippen LogP contribution in [-0.2, 0) is 27.1 Å². The fourth-order valence-corrected chi connectivity index (χ4v) is 4.76. The van der Waals surface area contributed by atoms with Gasteiger partial charge < -0.3 is 14.2 Å². The summed E-state index contributed by atoms with van der Waals surface area (Å²) in [5.74, 6) is 1.16. The Balaban J connectivity index is 1.97. The lowest BCUT2D eigenvalue weighted by Gasteiger charge is -2.26. The summed E-state index contributed by atoms with van der Waals surface area (Å²) >= 11 is 0. The van der Waals surface area contributed by atoms with Gasteiger partial charge in [-0.1, -0.05) is 32.4 Å². The summed E-state index contributed by atoms with van der Waals surface area (Å²) in [4.78, 5) is 13.0. The molecule has 0 aromatic heterocycles. The zero-order valence-electron chi connectivity index (χ0n) is 20.1. The van der Waals surface area contributed by atoms with E-state index in [1.165, 1.54) is 42.2 Å². The highest BCUT2D eigenvalue weighted by Gasteiger charge is 2.37. The summed E-state index contributed by atoms with van der Waals surface area (Å²) in [5, 5.41) is 0. The average Bonchev–Trinajstić information content (AvgIpc) is 3.71. The minimum absolute atomic E-state index is 0.146. The maximum atomic E-state index is 13.0. The number of esters is 1. The Labute approximate surface area is 192 Å². The molecule has 1 unspecified atom stereocenters. The van der Waals surface area contributed by atoms with Crippen LogP contribution < -0.4 is 4.74 Å². The molecule has 2 saturated carbocycles. The van der Waals surface area contributed by atoms with Crippen molar-refractivity contribution in [2.75, 3.05) is 14.2 Å². The molecule has 4 rings (SSSR count). The van der Waals surface area contributed by atoms with Crippen molar-refractivity contribution in [3.05, 3.63) is 52.1 Å². The van der Waals surface area contributed by atoms with Crippen molar-refractivity contribution in [3.63, 3.8) is 0 Å². The predicted octanol–water partition coefficient (Wildman–Crippen LogP) is 6.46. The number of aryl methyl sites for hydroxylation is 2. The van der Waals surface area contributed by atoms with Crippen molar-refractivity contribution >= 4 is 5.97 Å². The summed E-state index contributed by atoms with van der Waals surface area (Å²) < 4.78 is 17.2. The van der Waals surface area contributed by atoms with Crippen LogP contribution in [-0.4, -0.2) is 26.3 Å². The first kappa shape index (κ1) is 22.8. The lowest BCUT2D eigenvalue weighted by atomic mass is 9.83. The number of hydrogen-bond donors (Lipinski definition) is 0. The van der Waals surface area contributed by atoms with Crippen LogP contribution in [0.15, 0.2) is 24.3 Å². The van der Waals surface area contributed by atoms with Gasteiger partial charge in [0.2, 0.25) is 0 Å². The number of benzene rings is 2. The molecular formula is C28H36O4. The molecule has 0 spiro atoms. The summed E-state index contributed by atoms with van der Waals surface area (Å²) in [6, 6.07) is 8.84. The average molecular weight is 437 g/mol. The molecule has 4 nitrogen and oxygen atoms in total. The standard InChI is InChI=1S/C28H36O4/c1-6-8-20-15-21(11-14-24(20)30-4)26-23(19-9-10-19)16-18(7-2)17(3)25(26)27(28(29)31-5)32-22-12-13-22/h11,14-16,19,22,27H,6-10,12-13H2,1-5H3. The molecule has 2 aliphatic rings. The third-order valence-corrected chi connectivity index (χ3v) is 6.79. The second kappa shape index (κ2) is 9.66. The molecule has 172 valence electrons. The number of hydrogen-bond acceptors (Lipinski definition) is 4. The Morgan fingerprint density at radius 2 is 1.81 bits per heavy atom. The highest BCUT2D eigenvalue weighted by molar-refractivity contribution is 5.85. The molecule has 4 heteroatoms. The van der Waals surface area contributed by atoms with Gasteiger partial charge in [0, 0.05) is 5.56 Å². The van der Waals surface area contributed by atoms with E-state index in [1.54, 1.807) is 7.11 Å². The maximum Gasteiger partial charge on any atom is 0.339 e. The highest BCUT2D eigenvalue weighted by Crippen LogP contribution is 2.50. The van der Waals surface area contributed by atoms with Gasteiger partial charge >= 0.3 is 5.97 Å². The van der Waals surface area contributed by atoms with Crippen LogP contribution in [0, 0.1) is 6.92 Å². The van der Waals surface area contributed by atoms with Crippen LogP contribution in [0.5, 0.6) is 5.75 Å². The predicted molar refractivity (Wildman–Crippen MR) is 127 cm³/mol. The first-order valence-electron chi connectivity index (χ1n) is 12.1. The maximum absolute atomic E-state index is 13.0. The van der Waals surface area contributed by atoms with Crippen LogP contribution in [0.1, 0.15) is 85.8 Å². The zero-order valence-corrected chi connectivity index (χ0v) is 20.1. The molecule has 32 heavy (non-hydrogen) atoms. The molecule has 2 fully saturated rings. The Morgan fingerprint density at radius 3 is 2.38 bits per heavy atom. The van der Waals surface area contributed by atoms with E-state index in [0.717, 1.165) is 54.5 Å². The van der Waals surface area contributed by atoms with E-state index in [2.05, 4.69) is 45.0 Å². The Bertz CT molecular complexity index is 985. The second-order valence-electron chi connectivity index (χ2n) is 9.18. The first-order chi connectivity index (χ1) is 15.5. The number of methoxy groups -OCH3 is 2. The molecule has 0 radical (unpaired) electrons. The monoisotopic (exact) mass is 436 g/mol. The van der Waals surface area contributed by atoms with Gasteiger partial charge in [0.15, 0.2) is 6.10 Å². The van der Waals surface area contributed by atoms with Crippen molar-refractivity contribution in [1.82, 2.24) is 0 Å². The number of carbonyl (C=O) groups excluding carboxylic acids is 1. The largest absolute Gasteiger partial charge is 0.496 e. The van der Waals surface area contributed by atoms with Gasteiger partial charge in [0.1, 0.15) is 5.75 Å². The van der Waals surface area contributed by atoms with Crippen LogP contribution in [0.2, 0.25) is 0 Å². The molecule has 1 atom stereocenters. The van der Waals surface area contributed by atoms with Crippen molar-refractivity contribution in [1.29, 1.82) is 0 Å². The number of carbonyl (C=O) groups is 1. The summed E-state index contributed by atoms with van der Waals surface area (Å²) in [6.07, 6.45) is 6.80. The lowest BCUT2D eigenvalue weighted by Crippen LogP contribution is -2.21. The van der Waals surface area contributed by atoms with Crippen LogP contribution >= 0.6 is 0 Å². The second-order valence-corrected chi connectivity index (χ2v) is 9.18. The third kappa shape index (κ3) is 4.56. The number of rotatable bonds is 10. The van der Waals surface area contributed by atoms with Gasteiger partial charge in [-0.05, 0) is 96.9 Å². The molecule has 0 saturated heterocycles. The Morgan fingerprint density at radius 1 is 1.06 bits per heavy atom. The molecule has 2 aromatic rings. The molecular weight excluding hydrogens is 400 g/mol. The van der Waals surface area contributed by atoms with E-state index < -0.39 is 6.10 Å². The minimum atomic E-state index is -0.691. The van der Waals surface area contributed by atoms with Crippen LogP contribution in [0.25, 0.3) is 11.1 Å². The minimum Gasteiger partial charge on any atom is -0.496 e. The molecule has 0 N–H and O–H groups in total. The van der Waals surface area contributed by atoms with Gasteiger partial charge in [-0.3, -0.25) is 0 Å². The van der Waals surface area contributed by atoms with Crippen molar-refractivity contribution in [3.8, 4) is 16.9 Å². The van der Waals surface area contributed by atoms with Crippen molar-refractivity contribution in [2.45, 2.75) is 83.8 Å². The lowest BCUT2D eigenvalue weighted by molar-refractivity contribution is -0.155. The topological polar surface area (TPSA) is 44.8 Å². The molecule has 2 aliphatic carbocycles. The van der Waals surface area contributed by atoms with E-state index >= 15 is 0 Å². The molecule has 0 aliphatic heterocycles. The fourth-order valence-electron chi connectivity index (χ4n) is 4.76. The number of ether oxygens (including phenoxy) is 3. The van der Waals surface area contributed by atoms with Crippen LogP contribution in [0.4, 0.5) is 0 Å². The van der Waals surface area contributed by atoms with Gasteiger partial charge in [-0.25, -0.2) is 4.79 Å². The normalized spacial score (nSPS) is 16.7. The first-order valence-corrected chi connectivity index (χ1v) is 12.1. The van der Waals surface area contributed by atoms with Crippen molar-refractivity contribution in [2.24, 2.45) is 0 Å². The van der Waals surface area contributed by atoms with E-state index in [9.17, 15) is 4.79 Å².